The van der Waals surface area contributed by atoms with Crippen LogP contribution in [-0.4, -0.2) is 79.0 Å². The molecule has 0 fully saturated rings. The van der Waals surface area contributed by atoms with Gasteiger partial charge in [0, 0.05) is 0 Å². The summed E-state index contributed by atoms with van der Waals surface area (Å²) in [5.41, 5.74) is 0. The molecule has 4 nitrogen and oxygen atoms in total. The molecule has 0 aliphatic heterocycles. The van der Waals surface area contributed by atoms with Gasteiger partial charge < -0.3 is 10.2 Å². The molecule has 10 heavy (non-hydrogen) atoms. The maximum absolute atomic E-state index is 9.64. The first kappa shape index (κ1) is 17.1. The topological polar surface area (TPSA) is 74.6 Å². The minimum atomic E-state index is -1.08. The zero-order valence-electron chi connectivity index (χ0n) is 4.83. The number of carboxylic acid groups (broad SMARTS) is 2. The average molecular weight is 351 g/mol. The van der Waals surface area contributed by atoms with E-state index in [0.29, 0.717) is 0 Å². The minimum absolute atomic E-state index is 0. The van der Waals surface area contributed by atoms with E-state index in [1.807, 2.05) is 0 Å². The monoisotopic (exact) mass is 352 g/mol. The third-order valence-corrected chi connectivity index (χ3v) is 0.553. The molecule has 2 N–H and O–H groups in total. The Hall–Kier alpha value is 0.862. The fourth-order valence-corrected chi connectivity index (χ4v) is 0.214. The van der Waals surface area contributed by atoms with E-state index in [1.165, 1.54) is 0 Å². The van der Waals surface area contributed by atoms with Crippen molar-refractivity contribution in [2.45, 2.75) is 12.8 Å². The van der Waals surface area contributed by atoms with Crippen LogP contribution in [0.5, 0.6) is 0 Å². The fourth-order valence-electron chi connectivity index (χ4n) is 0.214. The Morgan fingerprint density at radius 1 is 1.00 bits per heavy atom. The van der Waals surface area contributed by atoms with Gasteiger partial charge in [-0.2, -0.15) is 0 Å². The normalized spacial score (nSPS) is 6.80. The molecule has 0 amide bonds. The Balaban J connectivity index is -0.000000245. The van der Waals surface area contributed by atoms with Gasteiger partial charge in [-0.25, -0.2) is 0 Å². The van der Waals surface area contributed by atoms with Crippen LogP contribution in [0.15, 0.2) is 0 Å². The zero-order valence-corrected chi connectivity index (χ0v) is 10.3. The van der Waals surface area contributed by atoms with Crippen molar-refractivity contribution in [3.05, 3.63) is 0 Å². The Labute approximate surface area is 100 Å². The first-order valence-corrected chi connectivity index (χ1v) is 2.06. The summed E-state index contributed by atoms with van der Waals surface area (Å²) in [6, 6.07) is 0. The zero-order chi connectivity index (χ0) is 6.57. The number of hydrogen-bond donors (Lipinski definition) is 2. The van der Waals surface area contributed by atoms with Crippen molar-refractivity contribution in [1.82, 2.24) is 0 Å². The molecule has 0 unspecified atom stereocenters. The molecule has 0 aliphatic rings. The summed E-state index contributed by atoms with van der Waals surface area (Å²) in [5.74, 6) is -2.15. The Bertz CT molecular complexity index is 102. The van der Waals surface area contributed by atoms with Crippen LogP contribution < -0.4 is 0 Å². The molecule has 0 heterocycles. The van der Waals surface area contributed by atoms with Crippen LogP contribution in [-0.2, 0) is 9.59 Å². The van der Waals surface area contributed by atoms with Gasteiger partial charge in [0.05, 0.1) is 12.8 Å². The molecule has 0 rings (SSSR count). The third kappa shape index (κ3) is 15.9. The average Bonchev–Trinajstić information content (AvgIpc) is 1.61. The summed E-state index contributed by atoms with van der Waals surface area (Å²) in [6.07, 6.45) is -0.593. The van der Waals surface area contributed by atoms with Gasteiger partial charge in [0.25, 0.3) is 0 Å². The summed E-state index contributed by atoms with van der Waals surface area (Å²) in [5, 5.41) is 15.8. The number of carbonyl (C=O) groups is 2. The first-order valence-electron chi connectivity index (χ1n) is 2.06. The molecule has 54 valence electrons. The number of rotatable bonds is 3. The van der Waals surface area contributed by atoms with E-state index in [9.17, 15) is 9.59 Å². The standard InChI is InChI=1S/C4H6O4.Na.Pb.3H/c5-3(6)1-2-4(7)8;;;;;/h1-2H2,(H,5,6)(H,7,8);;;;;. The third-order valence-electron chi connectivity index (χ3n) is 0.553. The van der Waals surface area contributed by atoms with Crippen LogP contribution in [0.3, 0.4) is 0 Å². The second kappa shape index (κ2) is 9.86. The Morgan fingerprint density at radius 2 is 1.20 bits per heavy atom. The Morgan fingerprint density at radius 3 is 1.30 bits per heavy atom. The van der Waals surface area contributed by atoms with E-state index >= 15 is 0 Å². The van der Waals surface area contributed by atoms with Crippen LogP contribution in [0.25, 0.3) is 0 Å². The summed E-state index contributed by atoms with van der Waals surface area (Å²) < 4.78 is 0. The second-order valence-corrected chi connectivity index (χ2v) is 1.29. The number of hydrogen-bond acceptors (Lipinski definition) is 2. The summed E-state index contributed by atoms with van der Waals surface area (Å²) in [6.45, 7) is 0. The van der Waals surface area contributed by atoms with E-state index < -0.39 is 11.9 Å². The molecular formula is C4H9NaO4Pb. The first-order chi connectivity index (χ1) is 3.63. The molecule has 0 aromatic rings. The molecule has 0 bridgehead atoms. The SMILES string of the molecule is O=C(O)CCC(=O)O.[NaH].[PbH2]. The van der Waals surface area contributed by atoms with Gasteiger partial charge in [-0.1, -0.05) is 0 Å². The van der Waals surface area contributed by atoms with E-state index in [-0.39, 0.29) is 69.7 Å². The van der Waals surface area contributed by atoms with Crippen LogP contribution in [0.2, 0.25) is 0 Å². The van der Waals surface area contributed by atoms with Crippen LogP contribution in [0, 0.1) is 0 Å². The fraction of sp³-hybridized carbons (Fsp3) is 0.500. The van der Waals surface area contributed by atoms with Gasteiger partial charge in [-0.3, -0.25) is 9.59 Å². The van der Waals surface area contributed by atoms with Crippen LogP contribution >= 0.6 is 0 Å². The van der Waals surface area contributed by atoms with Crippen molar-refractivity contribution in [3.8, 4) is 0 Å². The molecule has 0 saturated carbocycles. The Kier molecular flexibility index (Phi) is 16.9. The van der Waals surface area contributed by atoms with Gasteiger partial charge in [-0.05, 0) is 0 Å². The van der Waals surface area contributed by atoms with Gasteiger partial charge >= 0.3 is 68.8 Å². The molecule has 0 aliphatic carbocycles. The van der Waals surface area contributed by atoms with E-state index in [1.54, 1.807) is 0 Å². The molecule has 0 spiro atoms. The molecule has 0 aromatic heterocycles. The van der Waals surface area contributed by atoms with Crippen molar-refractivity contribution < 1.29 is 19.8 Å². The second-order valence-electron chi connectivity index (χ2n) is 1.29. The predicted octanol–water partition coefficient (Wildman–Crippen LogP) is -1.63. The van der Waals surface area contributed by atoms with Gasteiger partial charge in [-0.15, -0.1) is 0 Å². The molecule has 0 aromatic carbocycles. The van der Waals surface area contributed by atoms with Crippen LogP contribution in [0.1, 0.15) is 12.8 Å². The van der Waals surface area contributed by atoms with Crippen molar-refractivity contribution in [1.29, 1.82) is 0 Å². The molecular weight excluding hydrogens is 342 g/mol. The van der Waals surface area contributed by atoms with Crippen molar-refractivity contribution in [3.63, 3.8) is 0 Å². The van der Waals surface area contributed by atoms with Gasteiger partial charge in [0.2, 0.25) is 0 Å². The number of carboxylic acids is 2. The van der Waals surface area contributed by atoms with Gasteiger partial charge in [0.1, 0.15) is 0 Å². The van der Waals surface area contributed by atoms with Crippen LogP contribution in [0.4, 0.5) is 0 Å². The quantitative estimate of drug-likeness (QED) is 0.599. The van der Waals surface area contributed by atoms with Crippen molar-refractivity contribution in [2.75, 3.05) is 0 Å². The van der Waals surface area contributed by atoms with E-state index in [4.69, 9.17) is 10.2 Å². The molecule has 0 atom stereocenters. The predicted molar refractivity (Wildman–Crippen MR) is 40.2 cm³/mol. The van der Waals surface area contributed by atoms with E-state index in [0.717, 1.165) is 0 Å². The van der Waals surface area contributed by atoms with E-state index in [2.05, 4.69) is 0 Å². The summed E-state index contributed by atoms with van der Waals surface area (Å²) in [7, 11) is 0. The number of aliphatic carboxylic acids is 2. The summed E-state index contributed by atoms with van der Waals surface area (Å²) in [4.78, 5) is 19.3. The molecule has 2 radical (unpaired) electrons. The molecule has 0 saturated heterocycles. The van der Waals surface area contributed by atoms with Gasteiger partial charge in [0.15, 0.2) is 0 Å². The van der Waals surface area contributed by atoms with Crippen molar-refractivity contribution >= 4 is 68.8 Å². The maximum atomic E-state index is 9.64. The molecule has 6 heteroatoms. The van der Waals surface area contributed by atoms with Crippen molar-refractivity contribution in [2.24, 2.45) is 0 Å². The summed E-state index contributed by atoms with van der Waals surface area (Å²) >= 11 is 0.